The molecule has 1 rings (SSSR count). The first kappa shape index (κ1) is 9.81. The van der Waals surface area contributed by atoms with E-state index in [-0.39, 0.29) is 5.75 Å². The van der Waals surface area contributed by atoms with Crippen LogP contribution in [0.5, 0.6) is 5.75 Å². The van der Waals surface area contributed by atoms with Gasteiger partial charge in [-0.2, -0.15) is 5.26 Å². The molecule has 0 heterocycles. The Kier molecular flexibility index (Phi) is 2.87. The highest BCUT2D eigenvalue weighted by Gasteiger charge is 2.06. The number of aliphatic carboxylic acids is 1. The summed E-state index contributed by atoms with van der Waals surface area (Å²) in [4.78, 5) is 10.5. The van der Waals surface area contributed by atoms with Crippen molar-refractivity contribution >= 4 is 12.0 Å². The van der Waals surface area contributed by atoms with Crippen LogP contribution in [-0.4, -0.2) is 16.2 Å². The lowest BCUT2D eigenvalue weighted by molar-refractivity contribution is -0.132. The number of carbonyl (C=O) groups is 1. The van der Waals surface area contributed by atoms with Crippen molar-refractivity contribution in [2.24, 2.45) is 0 Å². The van der Waals surface area contributed by atoms with E-state index in [1.807, 2.05) is 0 Å². The number of phenolic OH excluding ortho intramolecular Hbond substituents is 1. The zero-order valence-corrected chi connectivity index (χ0v) is 7.14. The summed E-state index contributed by atoms with van der Waals surface area (Å²) >= 11 is 0. The Morgan fingerprint density at radius 2 is 2.07 bits per heavy atom. The molecular formula is C10H7NO3. The van der Waals surface area contributed by atoms with E-state index >= 15 is 0 Å². The molecule has 14 heavy (non-hydrogen) atoms. The van der Waals surface area contributed by atoms with Crippen LogP contribution >= 0.6 is 0 Å². The van der Waals surface area contributed by atoms with Gasteiger partial charge in [0.05, 0.1) is 0 Å². The van der Waals surface area contributed by atoms with Crippen LogP contribution in [0.2, 0.25) is 0 Å². The van der Waals surface area contributed by atoms with Crippen LogP contribution in [0.25, 0.3) is 6.08 Å². The average Bonchev–Trinajstić information content (AvgIpc) is 2.16. The van der Waals surface area contributed by atoms with E-state index in [0.717, 1.165) is 6.08 Å². The average molecular weight is 189 g/mol. The Labute approximate surface area is 80.3 Å². The van der Waals surface area contributed by atoms with Crippen LogP contribution in [0.1, 0.15) is 5.56 Å². The predicted molar refractivity (Wildman–Crippen MR) is 49.3 cm³/mol. The van der Waals surface area contributed by atoms with Gasteiger partial charge in [0.1, 0.15) is 17.4 Å². The van der Waals surface area contributed by atoms with Crippen LogP contribution in [-0.2, 0) is 4.79 Å². The number of rotatable bonds is 2. The zero-order valence-electron chi connectivity index (χ0n) is 7.14. The van der Waals surface area contributed by atoms with Gasteiger partial charge in [-0.25, -0.2) is 4.79 Å². The summed E-state index contributed by atoms with van der Waals surface area (Å²) in [5, 5.41) is 26.3. The van der Waals surface area contributed by atoms with E-state index < -0.39 is 11.5 Å². The van der Waals surface area contributed by atoms with Crippen molar-refractivity contribution in [3.8, 4) is 11.8 Å². The molecule has 0 unspecified atom stereocenters. The van der Waals surface area contributed by atoms with Crippen LogP contribution in [0.15, 0.2) is 29.8 Å². The van der Waals surface area contributed by atoms with Gasteiger partial charge < -0.3 is 10.2 Å². The molecule has 1 aromatic rings. The van der Waals surface area contributed by atoms with Crippen molar-refractivity contribution in [3.05, 3.63) is 35.4 Å². The van der Waals surface area contributed by atoms with Crippen LogP contribution in [0.3, 0.4) is 0 Å². The minimum Gasteiger partial charge on any atom is -0.507 e. The molecule has 2 N–H and O–H groups in total. The summed E-state index contributed by atoms with van der Waals surface area (Å²) in [5.74, 6) is -1.36. The molecule has 4 nitrogen and oxygen atoms in total. The Morgan fingerprint density at radius 1 is 1.43 bits per heavy atom. The number of benzene rings is 1. The molecule has 0 aromatic heterocycles. The summed E-state index contributed by atoms with van der Waals surface area (Å²) in [5.41, 5.74) is -0.0991. The topological polar surface area (TPSA) is 81.3 Å². The van der Waals surface area contributed by atoms with Gasteiger partial charge in [-0.1, -0.05) is 18.2 Å². The summed E-state index contributed by atoms with van der Waals surface area (Å²) in [6.45, 7) is 0. The fourth-order valence-electron chi connectivity index (χ4n) is 0.907. The van der Waals surface area contributed by atoms with Crippen molar-refractivity contribution in [1.29, 1.82) is 5.26 Å². The third-order valence-corrected chi connectivity index (χ3v) is 1.59. The van der Waals surface area contributed by atoms with E-state index in [0.29, 0.717) is 5.56 Å². The highest BCUT2D eigenvalue weighted by Crippen LogP contribution is 2.18. The summed E-state index contributed by atoms with van der Waals surface area (Å²) < 4.78 is 0. The summed E-state index contributed by atoms with van der Waals surface area (Å²) in [6, 6.07) is 7.72. The molecule has 0 saturated carbocycles. The largest absolute Gasteiger partial charge is 0.507 e. The fourth-order valence-corrected chi connectivity index (χ4v) is 0.907. The second-order valence-electron chi connectivity index (χ2n) is 2.53. The zero-order chi connectivity index (χ0) is 10.6. The number of nitriles is 1. The van der Waals surface area contributed by atoms with Crippen LogP contribution in [0.4, 0.5) is 0 Å². The van der Waals surface area contributed by atoms with E-state index in [1.54, 1.807) is 12.1 Å². The van der Waals surface area contributed by atoms with Crippen molar-refractivity contribution in [2.45, 2.75) is 0 Å². The molecular weight excluding hydrogens is 182 g/mol. The van der Waals surface area contributed by atoms with Crippen molar-refractivity contribution in [3.63, 3.8) is 0 Å². The molecule has 0 aliphatic carbocycles. The Bertz CT molecular complexity index is 429. The van der Waals surface area contributed by atoms with Crippen LogP contribution in [0, 0.1) is 11.3 Å². The van der Waals surface area contributed by atoms with Gasteiger partial charge in [0.25, 0.3) is 0 Å². The molecule has 70 valence electrons. The van der Waals surface area contributed by atoms with Gasteiger partial charge >= 0.3 is 5.97 Å². The monoisotopic (exact) mass is 189 g/mol. The maximum atomic E-state index is 10.5. The lowest BCUT2D eigenvalue weighted by atomic mass is 10.1. The molecule has 4 heteroatoms. The molecule has 0 amide bonds. The number of hydrogen-bond acceptors (Lipinski definition) is 3. The maximum absolute atomic E-state index is 10.5. The number of aromatic hydroxyl groups is 1. The highest BCUT2D eigenvalue weighted by atomic mass is 16.4. The second kappa shape index (κ2) is 4.10. The Balaban J connectivity index is 3.15. The molecule has 0 saturated heterocycles. The Hall–Kier alpha value is -2.28. The minimum absolute atomic E-state index is 0.0542. The molecule has 0 fully saturated rings. The van der Waals surface area contributed by atoms with E-state index in [9.17, 15) is 9.90 Å². The number of phenols is 1. The maximum Gasteiger partial charge on any atom is 0.346 e. The fraction of sp³-hybridized carbons (Fsp3) is 0. The van der Waals surface area contributed by atoms with Crippen molar-refractivity contribution < 1.29 is 15.0 Å². The molecule has 0 aliphatic rings. The molecule has 0 spiro atoms. The van der Waals surface area contributed by atoms with Gasteiger partial charge in [-0.15, -0.1) is 0 Å². The second-order valence-corrected chi connectivity index (χ2v) is 2.53. The molecule has 0 aliphatic heterocycles. The number of carboxylic acids is 1. The van der Waals surface area contributed by atoms with Gasteiger partial charge in [0.2, 0.25) is 0 Å². The van der Waals surface area contributed by atoms with Gasteiger partial charge in [-0.3, -0.25) is 0 Å². The van der Waals surface area contributed by atoms with E-state index in [4.69, 9.17) is 10.4 Å². The normalized spacial score (nSPS) is 10.6. The molecule has 1 aromatic carbocycles. The summed E-state index contributed by atoms with van der Waals surface area (Å²) in [6.07, 6.45) is 1.12. The first-order valence-corrected chi connectivity index (χ1v) is 3.78. The van der Waals surface area contributed by atoms with E-state index in [2.05, 4.69) is 0 Å². The number of hydrogen-bond donors (Lipinski definition) is 2. The quantitative estimate of drug-likeness (QED) is 0.544. The summed E-state index contributed by atoms with van der Waals surface area (Å²) in [7, 11) is 0. The minimum atomic E-state index is -1.31. The third kappa shape index (κ3) is 2.11. The van der Waals surface area contributed by atoms with Gasteiger partial charge in [0, 0.05) is 5.56 Å². The molecule has 0 atom stereocenters. The Morgan fingerprint density at radius 3 is 2.57 bits per heavy atom. The number of carboxylic acid groups (broad SMARTS) is 1. The van der Waals surface area contributed by atoms with Gasteiger partial charge in [-0.05, 0) is 12.1 Å². The van der Waals surface area contributed by atoms with Crippen molar-refractivity contribution in [2.75, 3.05) is 0 Å². The smallest absolute Gasteiger partial charge is 0.346 e. The van der Waals surface area contributed by atoms with Crippen molar-refractivity contribution in [1.82, 2.24) is 0 Å². The lowest BCUT2D eigenvalue weighted by Crippen LogP contribution is -1.97. The SMILES string of the molecule is N#C/C(=C\c1ccccc1O)C(=O)O. The predicted octanol–water partition coefficient (Wildman–Crippen LogP) is 1.38. The van der Waals surface area contributed by atoms with E-state index in [1.165, 1.54) is 18.2 Å². The highest BCUT2D eigenvalue weighted by molar-refractivity contribution is 5.96. The number of para-hydroxylation sites is 1. The standard InChI is InChI=1S/C10H7NO3/c11-6-8(10(13)14)5-7-3-1-2-4-9(7)12/h1-5,12H,(H,13,14)/b8-5+. The number of nitrogens with zero attached hydrogens (tertiary/aromatic N) is 1. The first-order chi connectivity index (χ1) is 6.65. The third-order valence-electron chi connectivity index (χ3n) is 1.59. The molecule has 0 bridgehead atoms. The molecule has 0 radical (unpaired) electrons. The lowest BCUT2D eigenvalue weighted by Gasteiger charge is -1.97. The van der Waals surface area contributed by atoms with Gasteiger partial charge in [0.15, 0.2) is 0 Å². The van der Waals surface area contributed by atoms with Crippen LogP contribution < -0.4 is 0 Å². The first-order valence-electron chi connectivity index (χ1n) is 3.78.